The highest BCUT2D eigenvalue weighted by molar-refractivity contribution is 5.98. The average molecular weight is 383 g/mol. The van der Waals surface area contributed by atoms with Gasteiger partial charge in [0.1, 0.15) is 0 Å². The molecule has 2 aliphatic carbocycles. The number of hydrogen-bond acceptors (Lipinski definition) is 5. The van der Waals surface area contributed by atoms with Crippen LogP contribution in [-0.2, 0) is 4.74 Å². The number of allylic oxidation sites excluding steroid dienone is 1. The van der Waals surface area contributed by atoms with Gasteiger partial charge in [-0.2, -0.15) is 0 Å². The van der Waals surface area contributed by atoms with E-state index in [1.807, 2.05) is 18.2 Å². The Morgan fingerprint density at radius 2 is 2.07 bits per heavy atom. The molecular weight excluding hydrogens is 352 g/mol. The molecule has 4 N–H and O–H groups in total. The number of ether oxygens (including phenoxy) is 1. The van der Waals surface area contributed by atoms with Gasteiger partial charge in [0, 0.05) is 55.7 Å². The summed E-state index contributed by atoms with van der Waals surface area (Å²) in [5, 5.41) is 6.60. The van der Waals surface area contributed by atoms with Crippen molar-refractivity contribution in [3.05, 3.63) is 47.3 Å². The average Bonchev–Trinajstić information content (AvgIpc) is 3.65. The number of nitrogens with zero attached hydrogens (tertiary/aromatic N) is 1. The van der Waals surface area contributed by atoms with Crippen LogP contribution in [0.2, 0.25) is 0 Å². The van der Waals surface area contributed by atoms with E-state index in [1.165, 1.54) is 24.6 Å². The lowest BCUT2D eigenvalue weighted by molar-refractivity contribution is 0.0774. The number of rotatable bonds is 8. The number of benzene rings is 1. The standard InChI is InChI=1S/C22H30N4O2/c23-12-19(14-24-13-15-4-5-15)26-22(27)17-3-1-2-16(10-17)20-11-21(20)25-18-6-8-28-9-7-18/h1-3,10,12,14-15,18,20-21,25H,4-9,11,13,23H2,(H,26,27). The first-order chi connectivity index (χ1) is 13.7. The number of amides is 1. The lowest BCUT2D eigenvalue weighted by Crippen LogP contribution is -2.36. The Morgan fingerprint density at radius 3 is 2.82 bits per heavy atom. The third-order valence-corrected chi connectivity index (χ3v) is 5.77. The predicted octanol–water partition coefficient (Wildman–Crippen LogP) is 2.32. The summed E-state index contributed by atoms with van der Waals surface area (Å²) < 4.78 is 5.43. The second-order valence-electron chi connectivity index (χ2n) is 8.14. The maximum absolute atomic E-state index is 12.6. The fraction of sp³-hybridized carbons (Fsp3) is 0.545. The summed E-state index contributed by atoms with van der Waals surface area (Å²) in [5.41, 5.74) is 8.06. The molecule has 3 aliphatic rings. The summed E-state index contributed by atoms with van der Waals surface area (Å²) in [6, 6.07) is 8.99. The van der Waals surface area contributed by atoms with E-state index in [1.54, 1.807) is 6.21 Å². The molecule has 0 radical (unpaired) electrons. The zero-order valence-electron chi connectivity index (χ0n) is 16.3. The molecule has 1 saturated heterocycles. The molecule has 6 nitrogen and oxygen atoms in total. The van der Waals surface area contributed by atoms with Crippen molar-refractivity contribution < 1.29 is 9.53 Å². The minimum Gasteiger partial charge on any atom is -0.403 e. The van der Waals surface area contributed by atoms with E-state index in [9.17, 15) is 4.79 Å². The molecule has 1 amide bonds. The Morgan fingerprint density at radius 1 is 1.25 bits per heavy atom. The first-order valence-electron chi connectivity index (χ1n) is 10.4. The van der Waals surface area contributed by atoms with Crippen molar-refractivity contribution in [3.63, 3.8) is 0 Å². The molecule has 0 spiro atoms. The van der Waals surface area contributed by atoms with E-state index >= 15 is 0 Å². The topological polar surface area (TPSA) is 88.7 Å². The van der Waals surface area contributed by atoms with Gasteiger partial charge in [-0.05, 0) is 55.7 Å². The summed E-state index contributed by atoms with van der Waals surface area (Å²) in [7, 11) is 0. The van der Waals surface area contributed by atoms with E-state index < -0.39 is 0 Å². The number of aliphatic imine (C=N–C) groups is 1. The highest BCUT2D eigenvalue weighted by atomic mass is 16.5. The molecule has 2 atom stereocenters. The van der Waals surface area contributed by atoms with Crippen molar-refractivity contribution in [2.75, 3.05) is 19.8 Å². The SMILES string of the molecule is NC=C(C=NCC1CC1)NC(=O)c1cccc(C2CC2NC2CCOCC2)c1. The largest absolute Gasteiger partial charge is 0.403 e. The van der Waals surface area contributed by atoms with E-state index in [4.69, 9.17) is 10.5 Å². The quantitative estimate of drug-likeness (QED) is 0.602. The third kappa shape index (κ3) is 5.20. The molecule has 6 heteroatoms. The van der Waals surface area contributed by atoms with Gasteiger partial charge in [-0.15, -0.1) is 0 Å². The van der Waals surface area contributed by atoms with Crippen molar-refractivity contribution in [2.45, 2.75) is 50.1 Å². The van der Waals surface area contributed by atoms with Crippen LogP contribution in [-0.4, -0.2) is 44.0 Å². The second kappa shape index (κ2) is 8.88. The van der Waals surface area contributed by atoms with Gasteiger partial charge < -0.3 is 21.1 Å². The number of nitrogens with one attached hydrogen (secondary N) is 2. The Labute approximate surface area is 166 Å². The maximum atomic E-state index is 12.6. The molecule has 1 heterocycles. The fourth-order valence-corrected chi connectivity index (χ4v) is 3.75. The molecule has 3 fully saturated rings. The van der Waals surface area contributed by atoms with Crippen LogP contribution in [0.25, 0.3) is 0 Å². The smallest absolute Gasteiger partial charge is 0.255 e. The number of nitrogens with two attached hydrogens (primary N) is 1. The molecule has 2 unspecified atom stereocenters. The van der Waals surface area contributed by atoms with Crippen LogP contribution in [0.4, 0.5) is 0 Å². The van der Waals surface area contributed by atoms with Crippen LogP contribution in [0.15, 0.2) is 41.2 Å². The van der Waals surface area contributed by atoms with E-state index in [0.29, 0.717) is 35.2 Å². The summed E-state index contributed by atoms with van der Waals surface area (Å²) >= 11 is 0. The maximum Gasteiger partial charge on any atom is 0.255 e. The van der Waals surface area contributed by atoms with Gasteiger partial charge in [0.2, 0.25) is 0 Å². The van der Waals surface area contributed by atoms with Crippen molar-refractivity contribution >= 4 is 12.1 Å². The Kier molecular flexibility index (Phi) is 6.07. The fourth-order valence-electron chi connectivity index (χ4n) is 3.75. The summed E-state index contributed by atoms with van der Waals surface area (Å²) in [5.74, 6) is 1.05. The molecule has 0 bridgehead atoms. The number of carbonyl (C=O) groups is 1. The molecule has 1 aromatic rings. The molecule has 0 aromatic heterocycles. The molecule has 28 heavy (non-hydrogen) atoms. The molecule has 2 saturated carbocycles. The molecular formula is C22H30N4O2. The van der Waals surface area contributed by atoms with Crippen molar-refractivity contribution in [1.82, 2.24) is 10.6 Å². The number of carbonyl (C=O) groups excluding carboxylic acids is 1. The van der Waals surface area contributed by atoms with Gasteiger partial charge in [-0.25, -0.2) is 0 Å². The molecule has 1 aromatic carbocycles. The monoisotopic (exact) mass is 382 g/mol. The van der Waals surface area contributed by atoms with Crippen LogP contribution in [0.1, 0.15) is 53.9 Å². The van der Waals surface area contributed by atoms with Crippen molar-refractivity contribution in [2.24, 2.45) is 16.6 Å². The van der Waals surface area contributed by atoms with E-state index in [-0.39, 0.29) is 5.91 Å². The van der Waals surface area contributed by atoms with Gasteiger partial charge >= 0.3 is 0 Å². The summed E-state index contributed by atoms with van der Waals surface area (Å²) in [6.45, 7) is 2.52. The number of hydrogen-bond donors (Lipinski definition) is 3. The van der Waals surface area contributed by atoms with Crippen LogP contribution in [0, 0.1) is 5.92 Å². The first-order valence-corrected chi connectivity index (χ1v) is 10.4. The highest BCUT2D eigenvalue weighted by Gasteiger charge is 2.39. The van der Waals surface area contributed by atoms with Gasteiger partial charge in [0.25, 0.3) is 5.91 Å². The molecule has 4 rings (SSSR count). The van der Waals surface area contributed by atoms with E-state index in [0.717, 1.165) is 39.0 Å². The van der Waals surface area contributed by atoms with Crippen LogP contribution < -0.4 is 16.4 Å². The van der Waals surface area contributed by atoms with Crippen molar-refractivity contribution in [3.8, 4) is 0 Å². The lowest BCUT2D eigenvalue weighted by Gasteiger charge is -2.23. The Balaban J connectivity index is 1.31. The van der Waals surface area contributed by atoms with Gasteiger partial charge in [-0.1, -0.05) is 12.1 Å². The summed E-state index contributed by atoms with van der Waals surface area (Å²) in [4.78, 5) is 17.0. The molecule has 150 valence electrons. The highest BCUT2D eigenvalue weighted by Crippen LogP contribution is 2.41. The second-order valence-corrected chi connectivity index (χ2v) is 8.14. The summed E-state index contributed by atoms with van der Waals surface area (Å²) in [6.07, 6.45) is 8.86. The predicted molar refractivity (Wildman–Crippen MR) is 110 cm³/mol. The minimum absolute atomic E-state index is 0.147. The van der Waals surface area contributed by atoms with E-state index in [2.05, 4.69) is 21.7 Å². The molecule has 1 aliphatic heterocycles. The Bertz CT molecular complexity index is 751. The van der Waals surface area contributed by atoms with Gasteiger partial charge in [-0.3, -0.25) is 9.79 Å². The lowest BCUT2D eigenvalue weighted by atomic mass is 10.1. The third-order valence-electron chi connectivity index (χ3n) is 5.77. The zero-order chi connectivity index (χ0) is 19.3. The van der Waals surface area contributed by atoms with Gasteiger partial charge in [0.05, 0.1) is 5.70 Å². The van der Waals surface area contributed by atoms with Crippen LogP contribution in [0.5, 0.6) is 0 Å². The van der Waals surface area contributed by atoms with Crippen LogP contribution in [0.3, 0.4) is 0 Å². The van der Waals surface area contributed by atoms with Gasteiger partial charge in [0.15, 0.2) is 0 Å². The Hall–Kier alpha value is -2.18. The minimum atomic E-state index is -0.147. The first kappa shape index (κ1) is 19.2. The normalized spacial score (nSPS) is 25.8. The zero-order valence-corrected chi connectivity index (χ0v) is 16.3. The van der Waals surface area contributed by atoms with Crippen molar-refractivity contribution in [1.29, 1.82) is 0 Å². The van der Waals surface area contributed by atoms with Crippen LogP contribution >= 0.6 is 0 Å².